The van der Waals surface area contributed by atoms with Crippen LogP contribution in [-0.4, -0.2) is 67.6 Å². The van der Waals surface area contributed by atoms with Gasteiger partial charge in [0, 0.05) is 26.1 Å². The number of piperidine rings is 1. The summed E-state index contributed by atoms with van der Waals surface area (Å²) in [6.45, 7) is 5.16. The number of thiazole rings is 1. The highest BCUT2D eigenvalue weighted by molar-refractivity contribution is 7.89. The lowest BCUT2D eigenvalue weighted by atomic mass is 9.74. The maximum atomic E-state index is 14.1. The van der Waals surface area contributed by atoms with E-state index in [1.54, 1.807) is 11.0 Å². The van der Waals surface area contributed by atoms with Crippen LogP contribution in [0.3, 0.4) is 0 Å². The number of nitrogens with one attached hydrogen (secondary N) is 2. The summed E-state index contributed by atoms with van der Waals surface area (Å²) in [5.41, 5.74) is 1.56. The monoisotopic (exact) mass is 630 g/mol. The van der Waals surface area contributed by atoms with Gasteiger partial charge >= 0.3 is 5.97 Å². The molecule has 0 radical (unpaired) electrons. The van der Waals surface area contributed by atoms with Crippen LogP contribution < -0.4 is 10.0 Å². The Morgan fingerprint density at radius 2 is 1.93 bits per heavy atom. The lowest BCUT2D eigenvalue weighted by molar-refractivity contribution is -0.134. The fraction of sp³-hybridized carbons (Fsp3) is 0.516. The van der Waals surface area contributed by atoms with Crippen LogP contribution in [0.5, 0.6) is 0 Å². The molecule has 1 amide bonds. The van der Waals surface area contributed by atoms with E-state index in [-0.39, 0.29) is 34.1 Å². The molecule has 12 heteroatoms. The Hall–Kier alpha value is -3.09. The van der Waals surface area contributed by atoms with Crippen LogP contribution in [-0.2, 0) is 27.7 Å². The number of para-hydroxylation sites is 1. The number of sulfonamides is 1. The van der Waals surface area contributed by atoms with Gasteiger partial charge in [-0.3, -0.25) is 9.18 Å². The number of carboxylic acid groups (broad SMARTS) is 1. The Kier molecular flexibility index (Phi) is 9.38. The average Bonchev–Trinajstić information content (AvgIpc) is 3.42. The first-order valence-electron chi connectivity index (χ1n) is 14.9. The molecule has 2 aromatic carbocycles. The van der Waals surface area contributed by atoms with Crippen molar-refractivity contribution in [1.29, 1.82) is 0 Å². The number of amides is 1. The van der Waals surface area contributed by atoms with Gasteiger partial charge in [-0.25, -0.2) is 18.2 Å². The van der Waals surface area contributed by atoms with Crippen molar-refractivity contribution in [3.63, 3.8) is 0 Å². The van der Waals surface area contributed by atoms with Gasteiger partial charge in [0.25, 0.3) is 0 Å². The number of aromatic nitrogens is 1. The molecule has 3 aromatic rings. The lowest BCUT2D eigenvalue weighted by Gasteiger charge is -2.38. The van der Waals surface area contributed by atoms with Crippen LogP contribution in [0.2, 0.25) is 0 Å². The maximum absolute atomic E-state index is 14.1. The fourth-order valence-corrected chi connectivity index (χ4v) is 8.72. The SMILES string of the molecule is CCC1(CC)CNc2c(cc(C(=O)O)cc2S(=O)(=O)NC(Cc2nc3ccccc3s2)C(=O)N2CCC(CCF)CC2)C1. The van der Waals surface area contributed by atoms with Crippen LogP contribution in [0.15, 0.2) is 41.3 Å². The highest BCUT2D eigenvalue weighted by Gasteiger charge is 2.37. The van der Waals surface area contributed by atoms with Crippen molar-refractivity contribution in [2.75, 3.05) is 31.6 Å². The molecular formula is C31H39FN4O5S2. The standard InChI is InChI=1S/C31H39FN4O5S2/c1-3-31(4-2)18-22-15-21(30(38)39)16-26(28(22)33-19-31)43(40,41)35-24(17-27-34-23-7-5-6-8-25(23)42-27)29(37)36-13-10-20(9-12-32)11-14-36/h5-8,15-16,20,24,33,35H,3-4,9-14,17-19H2,1-2H3,(H,38,39). The van der Waals surface area contributed by atoms with E-state index in [9.17, 15) is 27.5 Å². The van der Waals surface area contributed by atoms with Crippen molar-refractivity contribution in [3.8, 4) is 0 Å². The van der Waals surface area contributed by atoms with Gasteiger partial charge in [-0.2, -0.15) is 4.72 Å². The van der Waals surface area contributed by atoms with E-state index in [1.165, 1.54) is 17.4 Å². The summed E-state index contributed by atoms with van der Waals surface area (Å²) < 4.78 is 44.7. The summed E-state index contributed by atoms with van der Waals surface area (Å²) in [4.78, 5) is 32.1. The molecule has 0 bridgehead atoms. The fourth-order valence-electron chi connectivity index (χ4n) is 6.27. The zero-order valence-electron chi connectivity index (χ0n) is 24.6. The number of hydrogen-bond donors (Lipinski definition) is 3. The van der Waals surface area contributed by atoms with Gasteiger partial charge in [-0.15, -0.1) is 11.3 Å². The number of alkyl halides is 1. The third-order valence-corrected chi connectivity index (χ3v) is 11.7. The minimum absolute atomic E-state index is 0.0465. The predicted molar refractivity (Wildman–Crippen MR) is 166 cm³/mol. The second kappa shape index (κ2) is 12.9. The number of rotatable bonds is 11. The molecular weight excluding hydrogens is 591 g/mol. The number of carbonyl (C=O) groups is 2. The average molecular weight is 631 g/mol. The van der Waals surface area contributed by atoms with E-state index in [2.05, 4.69) is 28.9 Å². The Morgan fingerprint density at radius 1 is 1.21 bits per heavy atom. The summed E-state index contributed by atoms with van der Waals surface area (Å²) in [6.07, 6.45) is 4.08. The lowest BCUT2D eigenvalue weighted by Crippen LogP contribution is -2.51. The molecule has 0 aliphatic carbocycles. The van der Waals surface area contributed by atoms with Crippen molar-refractivity contribution < 1.29 is 27.5 Å². The Labute approximate surface area is 255 Å². The van der Waals surface area contributed by atoms with E-state index in [4.69, 9.17) is 0 Å². The minimum Gasteiger partial charge on any atom is -0.478 e. The van der Waals surface area contributed by atoms with Gasteiger partial charge in [-0.1, -0.05) is 26.0 Å². The van der Waals surface area contributed by atoms with Crippen LogP contribution in [0, 0.1) is 11.3 Å². The highest BCUT2D eigenvalue weighted by Crippen LogP contribution is 2.41. The smallest absolute Gasteiger partial charge is 0.335 e. The van der Waals surface area contributed by atoms with Crippen LogP contribution in [0.4, 0.5) is 10.1 Å². The summed E-state index contributed by atoms with van der Waals surface area (Å²) in [7, 11) is -4.36. The Bertz CT molecular complexity index is 1560. The summed E-state index contributed by atoms with van der Waals surface area (Å²) in [6, 6.07) is 9.13. The highest BCUT2D eigenvalue weighted by atomic mass is 32.2. The molecule has 2 aliphatic heterocycles. The van der Waals surface area contributed by atoms with Gasteiger partial charge in [0.05, 0.1) is 33.1 Å². The first kappa shape index (κ1) is 31.3. The first-order valence-corrected chi connectivity index (χ1v) is 17.2. The van der Waals surface area contributed by atoms with Crippen molar-refractivity contribution >= 4 is 49.1 Å². The molecule has 1 aromatic heterocycles. The number of likely N-dealkylation sites (tertiary alicyclic amines) is 1. The van der Waals surface area contributed by atoms with Gasteiger partial charge in [0.15, 0.2) is 0 Å². The number of fused-ring (bicyclic) bond motifs is 2. The van der Waals surface area contributed by atoms with Crippen molar-refractivity contribution in [2.24, 2.45) is 11.3 Å². The Morgan fingerprint density at radius 3 is 2.58 bits per heavy atom. The van der Waals surface area contributed by atoms with Gasteiger partial charge in [-0.05, 0) is 79.7 Å². The molecule has 1 fully saturated rings. The number of aromatic carboxylic acids is 1. The van der Waals surface area contributed by atoms with E-state index in [1.807, 2.05) is 24.3 Å². The molecule has 2 aliphatic rings. The van der Waals surface area contributed by atoms with Crippen LogP contribution in [0.1, 0.15) is 66.9 Å². The molecule has 3 N–H and O–H groups in total. The van der Waals surface area contributed by atoms with E-state index < -0.39 is 28.7 Å². The number of hydrogen-bond acceptors (Lipinski definition) is 7. The molecule has 1 unspecified atom stereocenters. The second-order valence-electron chi connectivity index (χ2n) is 11.8. The number of halogens is 1. The quantitative estimate of drug-likeness (QED) is 0.264. The normalized spacial score (nSPS) is 17.8. The number of carboxylic acids is 1. The molecule has 1 saturated heterocycles. The van der Waals surface area contributed by atoms with E-state index >= 15 is 0 Å². The number of carbonyl (C=O) groups excluding carboxylic acids is 1. The minimum atomic E-state index is -4.36. The zero-order chi connectivity index (χ0) is 30.8. The van der Waals surface area contributed by atoms with Crippen molar-refractivity contribution in [2.45, 2.75) is 69.7 Å². The van der Waals surface area contributed by atoms with E-state index in [0.717, 1.165) is 23.1 Å². The summed E-state index contributed by atoms with van der Waals surface area (Å²) in [5, 5.41) is 13.8. The molecule has 43 heavy (non-hydrogen) atoms. The van der Waals surface area contributed by atoms with Crippen LogP contribution in [0.25, 0.3) is 10.2 Å². The molecule has 232 valence electrons. The molecule has 1 atom stereocenters. The van der Waals surface area contributed by atoms with Gasteiger partial charge in [0.1, 0.15) is 10.9 Å². The number of anilines is 1. The number of benzene rings is 2. The second-order valence-corrected chi connectivity index (χ2v) is 14.5. The van der Waals surface area contributed by atoms with Crippen molar-refractivity contribution in [3.05, 3.63) is 52.5 Å². The first-order chi connectivity index (χ1) is 20.6. The topological polar surface area (TPSA) is 129 Å². The maximum Gasteiger partial charge on any atom is 0.335 e. The van der Waals surface area contributed by atoms with Gasteiger partial charge in [0.2, 0.25) is 15.9 Å². The molecule has 5 rings (SSSR count). The molecule has 3 heterocycles. The largest absolute Gasteiger partial charge is 0.478 e. The number of nitrogens with zero attached hydrogens (tertiary/aromatic N) is 2. The Balaban J connectivity index is 1.49. The summed E-state index contributed by atoms with van der Waals surface area (Å²) in [5.74, 6) is -1.39. The van der Waals surface area contributed by atoms with E-state index in [0.29, 0.717) is 61.6 Å². The molecule has 0 saturated carbocycles. The zero-order valence-corrected chi connectivity index (χ0v) is 26.2. The van der Waals surface area contributed by atoms with Crippen molar-refractivity contribution in [1.82, 2.24) is 14.6 Å². The molecule has 0 spiro atoms. The third kappa shape index (κ3) is 6.71. The predicted octanol–water partition coefficient (Wildman–Crippen LogP) is 5.26. The van der Waals surface area contributed by atoms with Gasteiger partial charge < -0.3 is 15.3 Å². The van der Waals surface area contributed by atoms with Crippen LogP contribution >= 0.6 is 11.3 Å². The molecule has 9 nitrogen and oxygen atoms in total. The summed E-state index contributed by atoms with van der Waals surface area (Å²) >= 11 is 1.40. The third-order valence-electron chi connectivity index (χ3n) is 9.18.